The summed E-state index contributed by atoms with van der Waals surface area (Å²) in [5.41, 5.74) is 16.6. The number of thiazole rings is 1. The molecule has 0 saturated carbocycles. The molecule has 0 radical (unpaired) electrons. The van der Waals surface area contributed by atoms with Crippen LogP contribution in [0, 0.1) is 24.2 Å². The van der Waals surface area contributed by atoms with E-state index in [1.807, 2.05) is 24.1 Å². The Morgan fingerprint density at radius 3 is 2.11 bits per heavy atom. The fourth-order valence-corrected chi connectivity index (χ4v) is 13.5. The van der Waals surface area contributed by atoms with E-state index in [0.29, 0.717) is 70.2 Å². The Kier molecular flexibility index (Phi) is 31.9. The molecule has 2 aliphatic heterocycles. The van der Waals surface area contributed by atoms with Crippen molar-refractivity contribution in [3.63, 3.8) is 0 Å². The van der Waals surface area contributed by atoms with Crippen LogP contribution in [0.25, 0.3) is 17.2 Å². The zero-order valence-electron chi connectivity index (χ0n) is 58.6. The number of amides is 5. The molecule has 2 saturated heterocycles. The number of ketones is 1. The van der Waals surface area contributed by atoms with Gasteiger partial charge in [-0.3, -0.25) is 62.8 Å². The molecule has 3 aromatic heterocycles. The van der Waals surface area contributed by atoms with Crippen molar-refractivity contribution < 1.29 is 102 Å². The average molecular weight is 1540 g/mol. The maximum atomic E-state index is 14.0. The second kappa shape index (κ2) is 39.9. The van der Waals surface area contributed by atoms with Crippen LogP contribution in [0.4, 0.5) is 16.4 Å². The topological polar surface area (TPSA) is 604 Å². The van der Waals surface area contributed by atoms with Gasteiger partial charge in [0.15, 0.2) is 17.1 Å². The molecule has 41 heteroatoms. The lowest BCUT2D eigenvalue weighted by molar-refractivity contribution is -0.155. The number of benzene rings is 1. The van der Waals surface area contributed by atoms with Crippen molar-refractivity contribution in [2.24, 2.45) is 33.7 Å². The summed E-state index contributed by atoms with van der Waals surface area (Å²) >= 11 is 1.81. The Morgan fingerprint density at radius 2 is 1.48 bits per heavy atom. The lowest BCUT2D eigenvalue weighted by Gasteiger charge is -2.34. The Balaban J connectivity index is 1.02. The molecule has 1 aromatic carbocycles. The number of H-pyrrole nitrogens is 1. The van der Waals surface area contributed by atoms with Crippen molar-refractivity contribution in [1.29, 1.82) is 0 Å². The second-order valence-corrected chi connectivity index (χ2v) is 28.9. The summed E-state index contributed by atoms with van der Waals surface area (Å²) in [7, 11) is 0.612. The number of ether oxygens (including phenoxy) is 2. The van der Waals surface area contributed by atoms with Crippen molar-refractivity contribution in [3.8, 4) is 0 Å². The molecule has 106 heavy (non-hydrogen) atoms. The highest BCUT2D eigenvalue weighted by molar-refractivity contribution is 8.75. The highest BCUT2D eigenvalue weighted by Gasteiger charge is 2.49. The van der Waals surface area contributed by atoms with Gasteiger partial charge in [0.05, 0.1) is 66.0 Å². The summed E-state index contributed by atoms with van der Waals surface area (Å²) in [6.07, 6.45) is -3.73. The molecule has 0 bridgehead atoms. The van der Waals surface area contributed by atoms with Crippen LogP contribution in [0.15, 0.2) is 51.2 Å². The summed E-state index contributed by atoms with van der Waals surface area (Å²) in [6, 6.07) is -3.92. The minimum atomic E-state index is -2.05. The average Bonchev–Trinajstić information content (AvgIpc) is 1.60. The molecule has 2 fully saturated rings. The number of carboxylic acids is 4. The number of aromatic amines is 1. The number of aryl methyl sites for hydroxylation is 1. The van der Waals surface area contributed by atoms with Gasteiger partial charge in [0.1, 0.15) is 59.8 Å². The van der Waals surface area contributed by atoms with Crippen molar-refractivity contribution in [2.75, 3.05) is 36.5 Å². The van der Waals surface area contributed by atoms with Gasteiger partial charge < -0.3 is 93.4 Å². The zero-order valence-corrected chi connectivity index (χ0v) is 61.1. The number of nitrogen functional groups attached to an aromatic ring is 1. The molecule has 38 nitrogen and oxygen atoms in total. The number of rotatable bonds is 34. The molecule has 13 atom stereocenters. The summed E-state index contributed by atoms with van der Waals surface area (Å²) in [4.78, 5) is 194. The standard InChI is InChI=1S/C65H88N16O22S3/c1-30-9-7-11-43-44(24-45(31(2)21-36-28-104-33(4)72-36)102-50(88)25-46(82)65(5,6)53(90)32(3)52(30)89)81(43)19-20-101-64(100)103-106-105-29-42(61(98)99)78-58(94)41(23-49(86)87)77-56(92)38(10-8-18-69-62(66)67)75-57(93)40(22-48(84)85)74-47(83)17-16-39(60(96)97)76-55(91)34-12-14-35(15-13-34)70-26-37-27-71-54-51(73-37)59(95)80-63(68)79-54/h12-15,21,27-28,30,32,38-46,52,70,82,89H,7-11,16-20,22-26,29H2,1-6H3,(H,74,83)(H,75,93)(H,76,91)(H,77,92)(H,78,94)(H,84,85)(H,86,87)(H,96,97)(H,98,99)(H4,66,67,69)(H3,68,71,79,80,95)/t30-,32+,38-,39-,40-,41-,42?,43+,44?,45-,46-,52-,81?/m0/s1. The number of nitrogens with two attached hydrogens (primary N) is 3. The number of nitrogens with one attached hydrogen (secondary N) is 7. The molecule has 6 rings (SSSR count). The molecule has 5 amide bonds. The van der Waals surface area contributed by atoms with Gasteiger partial charge in [0.25, 0.3) is 11.5 Å². The lowest BCUT2D eigenvalue weighted by Crippen LogP contribution is -2.58. The normalized spacial score (nSPS) is 21.1. The number of carboxylic acid groups (broad SMARTS) is 4. The summed E-state index contributed by atoms with van der Waals surface area (Å²) < 4.78 is 16.5. The third kappa shape index (κ3) is 26.2. The van der Waals surface area contributed by atoms with Crippen LogP contribution in [0.2, 0.25) is 0 Å². The maximum Gasteiger partial charge on any atom is 0.521 e. The van der Waals surface area contributed by atoms with Gasteiger partial charge in [-0.15, -0.1) is 11.3 Å². The molecule has 578 valence electrons. The maximum absolute atomic E-state index is 14.0. The Morgan fingerprint density at radius 1 is 0.840 bits per heavy atom. The first-order chi connectivity index (χ1) is 50.0. The molecule has 3 unspecified atom stereocenters. The zero-order chi connectivity index (χ0) is 78.3. The number of aliphatic hydroxyl groups excluding tert-OH is 2. The van der Waals surface area contributed by atoms with Gasteiger partial charge in [-0.25, -0.2) is 29.3 Å². The quantitative estimate of drug-likeness (QED) is 0.00583. The minimum Gasteiger partial charge on any atom is -0.481 e. The van der Waals surface area contributed by atoms with Gasteiger partial charge in [0, 0.05) is 66.3 Å². The molecule has 2 aliphatic rings. The highest BCUT2D eigenvalue weighted by Crippen LogP contribution is 2.40. The summed E-state index contributed by atoms with van der Waals surface area (Å²) in [5, 5.41) is 78.8. The van der Waals surface area contributed by atoms with E-state index in [-0.39, 0.29) is 85.7 Å². The molecule has 0 spiro atoms. The number of hydrogen-bond acceptors (Lipinski definition) is 29. The van der Waals surface area contributed by atoms with Crippen LogP contribution in [0.5, 0.6) is 0 Å². The Hall–Kier alpha value is -10.1. The number of esters is 1. The van der Waals surface area contributed by atoms with E-state index in [1.165, 1.54) is 55.6 Å². The van der Waals surface area contributed by atoms with Crippen LogP contribution in [-0.2, 0) is 68.1 Å². The van der Waals surface area contributed by atoms with Gasteiger partial charge in [-0.2, -0.15) is 4.98 Å². The number of cyclic esters (lactones) is 1. The number of guanidine groups is 1. The fraction of sp³-hybridized carbons (Fsp3) is 0.538. The molecule has 5 heterocycles. The van der Waals surface area contributed by atoms with Gasteiger partial charge in [0.2, 0.25) is 29.6 Å². The van der Waals surface area contributed by atoms with Crippen molar-refractivity contribution in [1.82, 2.24) is 56.4 Å². The van der Waals surface area contributed by atoms with Gasteiger partial charge >= 0.3 is 36.0 Å². The van der Waals surface area contributed by atoms with Crippen LogP contribution >= 0.6 is 33.2 Å². The van der Waals surface area contributed by atoms with E-state index < -0.39 is 175 Å². The first kappa shape index (κ1) is 84.8. The third-order valence-corrected chi connectivity index (χ3v) is 20.0. The van der Waals surface area contributed by atoms with Crippen molar-refractivity contribution in [2.45, 2.75) is 179 Å². The molecule has 0 aliphatic carbocycles. The number of Topliss-reactive ketones (excluding diaryl/α,β-unsaturated/α-hetero) is 1. The summed E-state index contributed by atoms with van der Waals surface area (Å²) in [6.45, 7) is 10.0. The number of nitrogens with zero attached hydrogens (tertiary/aromatic N) is 6. The predicted octanol–water partition coefficient (Wildman–Crippen LogP) is 0.733. The van der Waals surface area contributed by atoms with E-state index in [0.717, 1.165) is 5.01 Å². The largest absolute Gasteiger partial charge is 0.521 e. The van der Waals surface area contributed by atoms with Crippen LogP contribution < -0.4 is 54.7 Å². The predicted molar refractivity (Wildman–Crippen MR) is 383 cm³/mol. The third-order valence-electron chi connectivity index (χ3n) is 17.5. The van der Waals surface area contributed by atoms with E-state index in [2.05, 4.69) is 61.8 Å². The van der Waals surface area contributed by atoms with E-state index in [1.54, 1.807) is 19.9 Å². The molecule has 19 N–H and O–H groups in total. The van der Waals surface area contributed by atoms with Crippen molar-refractivity contribution >= 4 is 139 Å². The number of aliphatic hydroxyl groups is 2. The lowest BCUT2D eigenvalue weighted by atomic mass is 9.73. The number of aliphatic carboxylic acids is 4. The monoisotopic (exact) mass is 1540 g/mol. The number of hydrogen-bond donors (Lipinski definition) is 16. The number of anilines is 2. The van der Waals surface area contributed by atoms with Crippen molar-refractivity contribution in [3.05, 3.63) is 73.7 Å². The first-order valence-corrected chi connectivity index (χ1v) is 36.5. The molecular weight excluding hydrogens is 1450 g/mol. The number of aromatic nitrogens is 5. The smallest absolute Gasteiger partial charge is 0.481 e. The highest BCUT2D eigenvalue weighted by atomic mass is 33.1. The van der Waals surface area contributed by atoms with Crippen LogP contribution in [0.1, 0.15) is 132 Å². The SMILES string of the molecule is CC(=Cc1csc(C)n1)[C@@H]1CC2[C@@H](CCC[C@H](C)[C@H](O)[C@@H](C)C(=O)C(C)(C)[C@@H](O)CC(=O)O1)N2CCOC(=O)OSSCC(NC(=O)[C@H](CC(=O)O)NC(=O)[C@H](CCCN=C(N)N)NC(=O)[C@H](CC(=O)O)NC(=O)CC[C@H](NC(=O)c1ccc(NCc2cnc3nc(N)[nH]c(=O)c3n2)cc1)C(=O)O)C(=O)O. The van der Waals surface area contributed by atoms with E-state index in [9.17, 15) is 93.0 Å². The number of aliphatic imine (C=N–C) groups is 1. The van der Waals surface area contributed by atoms with Gasteiger partial charge in [-0.1, -0.05) is 34.1 Å². The number of fused-ring (bicyclic) bond motifs is 2. The van der Waals surface area contributed by atoms with Crippen LogP contribution in [0.3, 0.4) is 0 Å². The van der Waals surface area contributed by atoms with Crippen LogP contribution in [-0.4, -0.2) is 224 Å². The molecule has 4 aromatic rings. The first-order valence-electron chi connectivity index (χ1n) is 33.4. The fourth-order valence-electron chi connectivity index (χ4n) is 11.5. The Labute approximate surface area is 618 Å². The Bertz CT molecular complexity index is 3970. The number of carbonyl (C=O) groups excluding carboxylic acids is 8. The summed E-state index contributed by atoms with van der Waals surface area (Å²) in [5.74, 6) is -15.8. The second-order valence-electron chi connectivity index (χ2n) is 25.9. The minimum absolute atomic E-state index is 0.00429. The molecular formula is C65H88N16O22S3. The number of carbonyl (C=O) groups is 12. The van der Waals surface area contributed by atoms with Gasteiger partial charge in [-0.05, 0) is 98.6 Å². The van der Waals surface area contributed by atoms with E-state index >= 15 is 0 Å². The van der Waals surface area contributed by atoms with E-state index in [4.69, 9.17) is 30.9 Å².